The molecular formula is C21H20N4O2. The summed E-state index contributed by atoms with van der Waals surface area (Å²) in [5.41, 5.74) is 3.63. The van der Waals surface area contributed by atoms with Crippen molar-refractivity contribution in [3.05, 3.63) is 71.4 Å². The molecule has 136 valence electrons. The minimum atomic E-state index is 0.000161. The third-order valence-electron chi connectivity index (χ3n) is 3.94. The predicted molar refractivity (Wildman–Crippen MR) is 106 cm³/mol. The molecule has 2 aromatic carbocycles. The molecule has 6 nitrogen and oxygen atoms in total. The first-order chi connectivity index (χ1) is 12.9. The first kappa shape index (κ1) is 18.3. The number of aromatic nitrogens is 2. The van der Waals surface area contributed by atoms with E-state index in [2.05, 4.69) is 20.6 Å². The lowest BCUT2D eigenvalue weighted by Gasteiger charge is -2.11. The summed E-state index contributed by atoms with van der Waals surface area (Å²) in [5, 5.41) is 6.34. The van der Waals surface area contributed by atoms with Crippen molar-refractivity contribution >= 4 is 34.7 Å². The molecule has 3 rings (SSSR count). The Morgan fingerprint density at radius 1 is 0.778 bits per heavy atom. The second-order valence-corrected chi connectivity index (χ2v) is 6.24. The SMILES string of the molecule is CC(=O)c1ccc(Nc2cc(C)nc(Nc3cccc(C(C)=O)c3)n2)cc1. The van der Waals surface area contributed by atoms with Crippen LogP contribution in [0, 0.1) is 6.92 Å². The molecule has 27 heavy (non-hydrogen) atoms. The first-order valence-corrected chi connectivity index (χ1v) is 8.52. The molecule has 0 unspecified atom stereocenters. The topological polar surface area (TPSA) is 84.0 Å². The molecule has 0 atom stereocenters. The van der Waals surface area contributed by atoms with E-state index in [0.29, 0.717) is 22.9 Å². The maximum Gasteiger partial charge on any atom is 0.229 e. The van der Waals surface area contributed by atoms with Gasteiger partial charge < -0.3 is 10.6 Å². The summed E-state index contributed by atoms with van der Waals surface area (Å²) in [4.78, 5) is 31.8. The van der Waals surface area contributed by atoms with E-state index in [-0.39, 0.29) is 11.6 Å². The number of carbonyl (C=O) groups excluding carboxylic acids is 2. The summed E-state index contributed by atoms with van der Waals surface area (Å²) in [6.07, 6.45) is 0. The predicted octanol–water partition coefficient (Wildman–Crippen LogP) is 4.68. The summed E-state index contributed by atoms with van der Waals surface area (Å²) >= 11 is 0. The van der Waals surface area contributed by atoms with Crippen LogP contribution in [0.4, 0.5) is 23.1 Å². The highest BCUT2D eigenvalue weighted by atomic mass is 16.1. The van der Waals surface area contributed by atoms with Crippen LogP contribution in [0.1, 0.15) is 40.3 Å². The Morgan fingerprint density at radius 2 is 1.48 bits per heavy atom. The molecule has 3 aromatic rings. The van der Waals surface area contributed by atoms with Crippen molar-refractivity contribution in [2.75, 3.05) is 10.6 Å². The van der Waals surface area contributed by atoms with Crippen molar-refractivity contribution in [1.82, 2.24) is 9.97 Å². The molecule has 1 heterocycles. The maximum absolute atomic E-state index is 11.5. The Morgan fingerprint density at radius 3 is 2.15 bits per heavy atom. The molecule has 0 radical (unpaired) electrons. The smallest absolute Gasteiger partial charge is 0.229 e. The van der Waals surface area contributed by atoms with Crippen molar-refractivity contribution < 1.29 is 9.59 Å². The van der Waals surface area contributed by atoms with E-state index in [4.69, 9.17) is 0 Å². The van der Waals surface area contributed by atoms with Gasteiger partial charge in [-0.3, -0.25) is 9.59 Å². The summed E-state index contributed by atoms with van der Waals surface area (Å²) in [6, 6.07) is 16.2. The number of Topliss-reactive ketones (excluding diaryl/α,β-unsaturated/α-hetero) is 2. The van der Waals surface area contributed by atoms with Gasteiger partial charge in [-0.05, 0) is 57.2 Å². The van der Waals surface area contributed by atoms with E-state index < -0.39 is 0 Å². The minimum Gasteiger partial charge on any atom is -0.340 e. The van der Waals surface area contributed by atoms with Gasteiger partial charge in [-0.15, -0.1) is 0 Å². The summed E-state index contributed by atoms with van der Waals surface area (Å²) < 4.78 is 0. The average Bonchev–Trinajstić information content (AvgIpc) is 2.62. The molecule has 6 heteroatoms. The van der Waals surface area contributed by atoms with Gasteiger partial charge in [-0.1, -0.05) is 12.1 Å². The number of rotatable bonds is 6. The zero-order chi connectivity index (χ0) is 19.4. The number of nitrogens with zero attached hydrogens (tertiary/aromatic N) is 2. The minimum absolute atomic E-state index is 0.000161. The fraction of sp³-hybridized carbons (Fsp3) is 0.143. The molecule has 0 saturated heterocycles. The van der Waals surface area contributed by atoms with Gasteiger partial charge in [0.15, 0.2) is 11.6 Å². The second kappa shape index (κ2) is 7.78. The molecule has 0 fully saturated rings. The van der Waals surface area contributed by atoms with Crippen LogP contribution in [0.25, 0.3) is 0 Å². The number of hydrogen-bond acceptors (Lipinski definition) is 6. The largest absolute Gasteiger partial charge is 0.340 e. The monoisotopic (exact) mass is 360 g/mol. The van der Waals surface area contributed by atoms with Crippen molar-refractivity contribution in [2.24, 2.45) is 0 Å². The number of ketones is 2. The van der Waals surface area contributed by atoms with Crippen molar-refractivity contribution in [2.45, 2.75) is 20.8 Å². The fourth-order valence-corrected chi connectivity index (χ4v) is 2.57. The normalized spacial score (nSPS) is 10.3. The van der Waals surface area contributed by atoms with Crippen LogP contribution in [-0.2, 0) is 0 Å². The van der Waals surface area contributed by atoms with E-state index in [1.54, 1.807) is 24.3 Å². The highest BCUT2D eigenvalue weighted by molar-refractivity contribution is 5.95. The molecule has 0 bridgehead atoms. The lowest BCUT2D eigenvalue weighted by Crippen LogP contribution is -2.03. The van der Waals surface area contributed by atoms with E-state index in [1.165, 1.54) is 13.8 Å². The number of nitrogens with one attached hydrogen (secondary N) is 2. The van der Waals surface area contributed by atoms with Gasteiger partial charge in [-0.25, -0.2) is 4.98 Å². The van der Waals surface area contributed by atoms with Gasteiger partial charge in [0, 0.05) is 34.3 Å². The van der Waals surface area contributed by atoms with Crippen molar-refractivity contribution in [1.29, 1.82) is 0 Å². The Labute approximate surface area is 157 Å². The third-order valence-corrected chi connectivity index (χ3v) is 3.94. The fourth-order valence-electron chi connectivity index (χ4n) is 2.57. The van der Waals surface area contributed by atoms with Gasteiger partial charge in [0.25, 0.3) is 0 Å². The zero-order valence-electron chi connectivity index (χ0n) is 15.4. The van der Waals surface area contributed by atoms with E-state index >= 15 is 0 Å². The van der Waals surface area contributed by atoms with Crippen LogP contribution in [0.15, 0.2) is 54.6 Å². The van der Waals surface area contributed by atoms with Crippen LogP contribution in [0.5, 0.6) is 0 Å². The van der Waals surface area contributed by atoms with E-state index in [9.17, 15) is 9.59 Å². The van der Waals surface area contributed by atoms with Crippen molar-refractivity contribution in [3.8, 4) is 0 Å². The molecular weight excluding hydrogens is 340 g/mol. The van der Waals surface area contributed by atoms with Gasteiger partial charge in [0.05, 0.1) is 0 Å². The molecule has 2 N–H and O–H groups in total. The Hall–Kier alpha value is -3.54. The Kier molecular flexibility index (Phi) is 5.26. The zero-order valence-corrected chi connectivity index (χ0v) is 15.4. The summed E-state index contributed by atoms with van der Waals surface area (Å²) in [5.74, 6) is 1.08. The lowest BCUT2D eigenvalue weighted by molar-refractivity contribution is 0.100. The van der Waals surface area contributed by atoms with Crippen molar-refractivity contribution in [3.63, 3.8) is 0 Å². The first-order valence-electron chi connectivity index (χ1n) is 8.52. The quantitative estimate of drug-likeness (QED) is 0.621. The Balaban J connectivity index is 1.80. The standard InChI is InChI=1S/C21H20N4O2/c1-13-11-20(23-18-9-7-16(8-10-18)14(2)26)25-21(22-13)24-19-6-4-5-17(12-19)15(3)27/h4-12H,1-3H3,(H2,22,23,24,25). The molecule has 0 aliphatic heterocycles. The maximum atomic E-state index is 11.5. The summed E-state index contributed by atoms with van der Waals surface area (Å²) in [6.45, 7) is 4.94. The molecule has 0 aliphatic carbocycles. The highest BCUT2D eigenvalue weighted by Crippen LogP contribution is 2.20. The third kappa shape index (κ3) is 4.76. The second-order valence-electron chi connectivity index (χ2n) is 6.24. The average molecular weight is 360 g/mol. The molecule has 0 saturated carbocycles. The van der Waals surface area contributed by atoms with Gasteiger partial charge >= 0.3 is 0 Å². The number of carbonyl (C=O) groups is 2. The Bertz CT molecular complexity index is 997. The molecule has 1 aromatic heterocycles. The summed E-state index contributed by atoms with van der Waals surface area (Å²) in [7, 11) is 0. The highest BCUT2D eigenvalue weighted by Gasteiger charge is 2.06. The molecule has 0 spiro atoms. The number of anilines is 4. The van der Waals surface area contributed by atoms with Gasteiger partial charge in [0.1, 0.15) is 5.82 Å². The van der Waals surface area contributed by atoms with E-state index in [0.717, 1.165) is 17.1 Å². The van der Waals surface area contributed by atoms with Crippen LogP contribution >= 0.6 is 0 Å². The number of benzene rings is 2. The van der Waals surface area contributed by atoms with Crippen LogP contribution in [0.2, 0.25) is 0 Å². The molecule has 0 aliphatic rings. The number of aryl methyl sites for hydroxylation is 1. The molecule has 0 amide bonds. The van der Waals surface area contributed by atoms with Crippen LogP contribution < -0.4 is 10.6 Å². The number of hydrogen-bond donors (Lipinski definition) is 2. The van der Waals surface area contributed by atoms with Gasteiger partial charge in [0.2, 0.25) is 5.95 Å². The lowest BCUT2D eigenvalue weighted by atomic mass is 10.1. The van der Waals surface area contributed by atoms with Crippen LogP contribution in [-0.4, -0.2) is 21.5 Å². The van der Waals surface area contributed by atoms with Crippen LogP contribution in [0.3, 0.4) is 0 Å². The van der Waals surface area contributed by atoms with E-state index in [1.807, 2.05) is 37.3 Å². The van der Waals surface area contributed by atoms with Gasteiger partial charge in [-0.2, -0.15) is 4.98 Å².